The molecule has 3 aromatic rings. The molecule has 2 bridgehead atoms. The average molecular weight is 451 g/mol. The monoisotopic (exact) mass is 450 g/mol. The van der Waals surface area contributed by atoms with Crippen LogP contribution in [0.3, 0.4) is 0 Å². The zero-order valence-electron chi connectivity index (χ0n) is 18.1. The lowest BCUT2D eigenvalue weighted by atomic mass is 9.88. The van der Waals surface area contributed by atoms with Gasteiger partial charge in [-0.1, -0.05) is 11.6 Å². The van der Waals surface area contributed by atoms with E-state index in [1.54, 1.807) is 16.9 Å². The van der Waals surface area contributed by atoms with Gasteiger partial charge in [-0.05, 0) is 45.4 Å². The SMILES string of the molecule is CC(C)(C)OC(=O)N1C2CC1CN(c1ccc(-c3cc(Cl)cn4ncc(C#N)c34)cn1)C2. The van der Waals surface area contributed by atoms with Crippen molar-refractivity contribution in [1.82, 2.24) is 19.5 Å². The summed E-state index contributed by atoms with van der Waals surface area (Å²) in [6, 6.07) is 8.24. The van der Waals surface area contributed by atoms with E-state index in [4.69, 9.17) is 16.3 Å². The molecule has 3 aromatic heterocycles. The van der Waals surface area contributed by atoms with Crippen LogP contribution in [0.1, 0.15) is 32.8 Å². The molecule has 9 heteroatoms. The fraction of sp³-hybridized carbons (Fsp3) is 0.391. The van der Waals surface area contributed by atoms with E-state index in [1.807, 2.05) is 43.9 Å². The standard InChI is InChI=1S/C23H23ClN6O2/c1-23(2,3)32-22(31)30-17-7-18(30)13-28(12-17)20-5-4-14(9-26-20)19-6-16(24)11-29-21(19)15(8-25)10-27-29/h4-6,9-11,17-18H,7,12-13H2,1-3H3. The molecule has 1 amide bonds. The first-order chi connectivity index (χ1) is 15.2. The van der Waals surface area contributed by atoms with Crippen LogP contribution in [0.15, 0.2) is 36.8 Å². The lowest BCUT2D eigenvalue weighted by Gasteiger charge is -2.56. The van der Waals surface area contributed by atoms with Crippen molar-refractivity contribution in [3.05, 3.63) is 47.4 Å². The van der Waals surface area contributed by atoms with Crippen molar-refractivity contribution in [3.63, 3.8) is 0 Å². The quantitative estimate of drug-likeness (QED) is 0.583. The Bertz CT molecular complexity index is 1230. The van der Waals surface area contributed by atoms with Crippen LogP contribution in [0.25, 0.3) is 16.6 Å². The van der Waals surface area contributed by atoms with Crippen molar-refractivity contribution >= 4 is 29.0 Å². The Labute approximate surface area is 191 Å². The van der Waals surface area contributed by atoms with Gasteiger partial charge in [0.2, 0.25) is 0 Å². The smallest absolute Gasteiger partial charge is 0.410 e. The van der Waals surface area contributed by atoms with Gasteiger partial charge in [-0.3, -0.25) is 4.90 Å². The molecule has 3 saturated heterocycles. The molecule has 6 heterocycles. The second kappa shape index (κ2) is 7.38. The average Bonchev–Trinajstić information content (AvgIpc) is 3.14. The molecule has 0 N–H and O–H groups in total. The third kappa shape index (κ3) is 3.53. The first kappa shape index (κ1) is 20.6. The van der Waals surface area contributed by atoms with Gasteiger partial charge in [-0.2, -0.15) is 10.4 Å². The van der Waals surface area contributed by atoms with E-state index in [0.29, 0.717) is 16.1 Å². The Balaban J connectivity index is 1.35. The summed E-state index contributed by atoms with van der Waals surface area (Å²) in [5.74, 6) is 0.861. The third-order valence-electron chi connectivity index (χ3n) is 5.88. The van der Waals surface area contributed by atoms with Gasteiger partial charge in [0.25, 0.3) is 0 Å². The lowest BCUT2D eigenvalue weighted by Crippen LogP contribution is -2.70. The Kier molecular flexibility index (Phi) is 4.75. The number of piperazine rings is 1. The summed E-state index contributed by atoms with van der Waals surface area (Å²) in [5.41, 5.74) is 2.36. The number of amides is 1. The molecule has 164 valence electrons. The summed E-state index contributed by atoms with van der Waals surface area (Å²) in [6.07, 6.45) is 5.76. The summed E-state index contributed by atoms with van der Waals surface area (Å²) in [4.78, 5) is 21.2. The number of piperidine rings is 1. The summed E-state index contributed by atoms with van der Waals surface area (Å²) < 4.78 is 7.17. The Morgan fingerprint density at radius 3 is 2.62 bits per heavy atom. The first-order valence-electron chi connectivity index (χ1n) is 10.5. The molecule has 0 radical (unpaired) electrons. The van der Waals surface area contributed by atoms with Gasteiger partial charge in [0.15, 0.2) is 0 Å². The fourth-order valence-corrected chi connectivity index (χ4v) is 4.73. The molecular weight excluding hydrogens is 428 g/mol. The predicted octanol–water partition coefficient (Wildman–Crippen LogP) is 4.12. The number of carbonyl (C=O) groups is 1. The summed E-state index contributed by atoms with van der Waals surface area (Å²) in [7, 11) is 0. The number of nitriles is 1. The van der Waals surface area contributed by atoms with Crippen molar-refractivity contribution < 1.29 is 9.53 Å². The fourth-order valence-electron chi connectivity index (χ4n) is 4.53. The predicted molar refractivity (Wildman–Crippen MR) is 121 cm³/mol. The van der Waals surface area contributed by atoms with E-state index < -0.39 is 5.60 Å². The molecule has 2 unspecified atom stereocenters. The minimum atomic E-state index is -0.495. The molecule has 3 fully saturated rings. The molecule has 6 rings (SSSR count). The van der Waals surface area contributed by atoms with Gasteiger partial charge in [-0.15, -0.1) is 0 Å². The van der Waals surface area contributed by atoms with Crippen LogP contribution >= 0.6 is 11.6 Å². The van der Waals surface area contributed by atoms with Crippen molar-refractivity contribution in [3.8, 4) is 17.2 Å². The van der Waals surface area contributed by atoms with Crippen LogP contribution in [0, 0.1) is 11.3 Å². The zero-order valence-corrected chi connectivity index (χ0v) is 18.9. The highest BCUT2D eigenvalue weighted by atomic mass is 35.5. The van der Waals surface area contributed by atoms with Crippen molar-refractivity contribution in [2.45, 2.75) is 44.9 Å². The van der Waals surface area contributed by atoms with Gasteiger partial charge in [0.05, 0.1) is 34.4 Å². The maximum absolute atomic E-state index is 12.5. The van der Waals surface area contributed by atoms with E-state index in [1.165, 1.54) is 6.20 Å². The highest BCUT2D eigenvalue weighted by molar-refractivity contribution is 6.31. The van der Waals surface area contributed by atoms with Gasteiger partial charge in [0, 0.05) is 36.6 Å². The van der Waals surface area contributed by atoms with Gasteiger partial charge >= 0.3 is 6.09 Å². The van der Waals surface area contributed by atoms with Crippen molar-refractivity contribution in [2.24, 2.45) is 0 Å². The zero-order chi connectivity index (χ0) is 22.6. The molecule has 0 aliphatic carbocycles. The van der Waals surface area contributed by atoms with E-state index in [9.17, 15) is 10.1 Å². The maximum Gasteiger partial charge on any atom is 0.410 e. The van der Waals surface area contributed by atoms with E-state index in [0.717, 1.165) is 36.5 Å². The molecule has 3 aliphatic heterocycles. The minimum Gasteiger partial charge on any atom is -0.444 e. The highest BCUT2D eigenvalue weighted by Gasteiger charge is 2.49. The number of anilines is 1. The molecule has 3 aliphatic rings. The van der Waals surface area contributed by atoms with Crippen molar-refractivity contribution in [1.29, 1.82) is 5.26 Å². The molecule has 0 saturated carbocycles. The van der Waals surface area contributed by atoms with Crippen LogP contribution in [0.2, 0.25) is 5.02 Å². The molecule has 0 aromatic carbocycles. The second-order valence-corrected chi connectivity index (χ2v) is 9.71. The second-order valence-electron chi connectivity index (χ2n) is 9.28. The third-order valence-corrected chi connectivity index (χ3v) is 6.09. The van der Waals surface area contributed by atoms with E-state index in [-0.39, 0.29) is 18.2 Å². The number of rotatable bonds is 2. The molecule has 8 nitrogen and oxygen atoms in total. The van der Waals surface area contributed by atoms with Crippen molar-refractivity contribution in [2.75, 3.05) is 18.0 Å². The normalized spacial score (nSPS) is 20.1. The number of pyridine rings is 2. The summed E-state index contributed by atoms with van der Waals surface area (Å²) >= 11 is 6.26. The number of hydrogen-bond donors (Lipinski definition) is 0. The Hall–Kier alpha value is -3.31. The largest absolute Gasteiger partial charge is 0.444 e. The number of carbonyl (C=O) groups excluding carboxylic acids is 1. The Morgan fingerprint density at radius 1 is 1.25 bits per heavy atom. The van der Waals surface area contributed by atoms with Crippen LogP contribution in [0.5, 0.6) is 0 Å². The van der Waals surface area contributed by atoms with Gasteiger partial charge in [0.1, 0.15) is 17.5 Å². The Morgan fingerprint density at radius 2 is 2.00 bits per heavy atom. The topological polar surface area (TPSA) is 86.8 Å². The van der Waals surface area contributed by atoms with Crippen LogP contribution in [-0.4, -0.2) is 56.4 Å². The number of aromatic nitrogens is 3. The molecule has 0 spiro atoms. The molecule has 32 heavy (non-hydrogen) atoms. The lowest BCUT2D eigenvalue weighted by molar-refractivity contribution is -0.0380. The van der Waals surface area contributed by atoms with Crippen LogP contribution < -0.4 is 4.90 Å². The summed E-state index contributed by atoms with van der Waals surface area (Å²) in [6.45, 7) is 7.11. The highest BCUT2D eigenvalue weighted by Crippen LogP contribution is 2.36. The minimum absolute atomic E-state index is 0.141. The summed E-state index contributed by atoms with van der Waals surface area (Å²) in [5, 5.41) is 14.2. The number of fused-ring (bicyclic) bond motifs is 3. The first-order valence-corrected chi connectivity index (χ1v) is 10.9. The van der Waals surface area contributed by atoms with Crippen LogP contribution in [-0.2, 0) is 4.74 Å². The van der Waals surface area contributed by atoms with E-state index in [2.05, 4.69) is 21.1 Å². The van der Waals surface area contributed by atoms with Gasteiger partial charge in [-0.25, -0.2) is 14.3 Å². The number of nitrogens with zero attached hydrogens (tertiary/aromatic N) is 6. The molecular formula is C23H23ClN6O2. The van der Waals surface area contributed by atoms with Gasteiger partial charge < -0.3 is 9.64 Å². The molecule has 2 atom stereocenters. The van der Waals surface area contributed by atoms with E-state index >= 15 is 0 Å². The maximum atomic E-state index is 12.5. The number of ether oxygens (including phenoxy) is 1. The van der Waals surface area contributed by atoms with Crippen LogP contribution in [0.4, 0.5) is 10.6 Å². The number of hydrogen-bond acceptors (Lipinski definition) is 6. The number of halogens is 1.